The number of aliphatic carboxylic acids is 1. The molecule has 0 radical (unpaired) electrons. The van der Waals surface area contributed by atoms with Gasteiger partial charge in [0, 0.05) is 5.56 Å². The molecule has 2 N–H and O–H groups in total. The van der Waals surface area contributed by atoms with E-state index < -0.39 is 29.8 Å². The predicted octanol–water partition coefficient (Wildman–Crippen LogP) is 3.98. The number of carbonyl (C=O) groups is 2. The lowest BCUT2D eigenvalue weighted by Gasteiger charge is -2.15. The van der Waals surface area contributed by atoms with Crippen molar-refractivity contribution in [3.05, 3.63) is 83.7 Å². The molecule has 2 aromatic carbocycles. The molecule has 0 aliphatic carbocycles. The SMILES string of the molecule is COc1ccc(-c2cc(C(F)(F)F)n3ncc(C(=O)N[C@H](C(=O)O)c4ccccc4)c3n2)cc1. The molecule has 34 heavy (non-hydrogen) atoms. The number of fused-ring (bicyclic) bond motifs is 1. The van der Waals surface area contributed by atoms with Crippen molar-refractivity contribution in [3.8, 4) is 17.0 Å². The van der Waals surface area contributed by atoms with E-state index in [9.17, 15) is 27.9 Å². The van der Waals surface area contributed by atoms with Gasteiger partial charge in [-0.3, -0.25) is 4.79 Å². The third-order valence-corrected chi connectivity index (χ3v) is 5.05. The predicted molar refractivity (Wildman–Crippen MR) is 114 cm³/mol. The Hall–Kier alpha value is -4.41. The molecule has 2 heterocycles. The number of ether oxygens (including phenoxy) is 1. The van der Waals surface area contributed by atoms with Crippen LogP contribution in [0.5, 0.6) is 5.75 Å². The van der Waals surface area contributed by atoms with Gasteiger partial charge in [-0.1, -0.05) is 30.3 Å². The van der Waals surface area contributed by atoms with Crippen LogP contribution in [0.25, 0.3) is 16.9 Å². The van der Waals surface area contributed by atoms with E-state index in [1.54, 1.807) is 30.3 Å². The highest BCUT2D eigenvalue weighted by atomic mass is 19.4. The van der Waals surface area contributed by atoms with Gasteiger partial charge in [-0.25, -0.2) is 14.3 Å². The number of carboxylic acids is 1. The van der Waals surface area contributed by atoms with Crippen molar-refractivity contribution in [3.63, 3.8) is 0 Å². The van der Waals surface area contributed by atoms with Gasteiger partial charge in [0.2, 0.25) is 0 Å². The number of hydrogen-bond donors (Lipinski definition) is 2. The number of methoxy groups -OCH3 is 1. The number of benzene rings is 2. The van der Waals surface area contributed by atoms with Gasteiger partial charge in [-0.05, 0) is 35.9 Å². The van der Waals surface area contributed by atoms with Crippen LogP contribution in [-0.2, 0) is 11.0 Å². The minimum atomic E-state index is -4.80. The molecule has 0 fully saturated rings. The number of amides is 1. The van der Waals surface area contributed by atoms with Crippen LogP contribution in [0.15, 0.2) is 66.9 Å². The van der Waals surface area contributed by atoms with Crippen molar-refractivity contribution in [1.82, 2.24) is 19.9 Å². The maximum atomic E-state index is 13.8. The molecular formula is C23H17F3N4O4. The maximum absolute atomic E-state index is 13.8. The molecule has 1 amide bonds. The highest BCUT2D eigenvalue weighted by Crippen LogP contribution is 2.33. The van der Waals surface area contributed by atoms with Crippen LogP contribution in [0.1, 0.15) is 27.7 Å². The Balaban J connectivity index is 1.80. The fraction of sp³-hybridized carbons (Fsp3) is 0.130. The first-order valence-corrected chi connectivity index (χ1v) is 9.88. The minimum Gasteiger partial charge on any atom is -0.497 e. The zero-order chi connectivity index (χ0) is 24.5. The van der Waals surface area contributed by atoms with Crippen molar-refractivity contribution in [2.45, 2.75) is 12.2 Å². The van der Waals surface area contributed by atoms with E-state index in [2.05, 4.69) is 15.4 Å². The first-order chi connectivity index (χ1) is 16.2. The molecule has 4 rings (SSSR count). The topological polar surface area (TPSA) is 106 Å². The van der Waals surface area contributed by atoms with Crippen LogP contribution in [0.4, 0.5) is 13.2 Å². The second-order valence-corrected chi connectivity index (χ2v) is 7.20. The fourth-order valence-corrected chi connectivity index (χ4v) is 3.38. The number of alkyl halides is 3. The fourth-order valence-electron chi connectivity index (χ4n) is 3.38. The van der Waals surface area contributed by atoms with Crippen LogP contribution in [-0.4, -0.2) is 38.7 Å². The Kier molecular flexibility index (Phi) is 5.93. The van der Waals surface area contributed by atoms with E-state index in [1.165, 1.54) is 31.4 Å². The van der Waals surface area contributed by atoms with E-state index in [4.69, 9.17) is 4.74 Å². The largest absolute Gasteiger partial charge is 0.497 e. The van der Waals surface area contributed by atoms with Gasteiger partial charge in [0.05, 0.1) is 19.0 Å². The van der Waals surface area contributed by atoms with Crippen LogP contribution in [0.3, 0.4) is 0 Å². The molecule has 2 aromatic heterocycles. The molecule has 8 nitrogen and oxygen atoms in total. The minimum absolute atomic E-state index is 0.0464. The highest BCUT2D eigenvalue weighted by Gasteiger charge is 2.36. The van der Waals surface area contributed by atoms with Gasteiger partial charge in [-0.2, -0.15) is 18.3 Å². The van der Waals surface area contributed by atoms with Crippen LogP contribution in [0, 0.1) is 0 Å². The Morgan fingerprint density at radius 3 is 2.35 bits per heavy atom. The van der Waals surface area contributed by atoms with Crippen LogP contribution < -0.4 is 10.1 Å². The molecule has 0 bridgehead atoms. The van der Waals surface area contributed by atoms with Gasteiger partial charge in [0.25, 0.3) is 5.91 Å². The number of carbonyl (C=O) groups excluding carboxylic acids is 1. The summed E-state index contributed by atoms with van der Waals surface area (Å²) in [5, 5.41) is 15.6. The Bertz CT molecular complexity index is 1350. The Labute approximate surface area is 190 Å². The summed E-state index contributed by atoms with van der Waals surface area (Å²) in [5.74, 6) is -1.76. The zero-order valence-corrected chi connectivity index (χ0v) is 17.6. The molecule has 11 heteroatoms. The summed E-state index contributed by atoms with van der Waals surface area (Å²) in [6, 6.07) is 13.5. The lowest BCUT2D eigenvalue weighted by Crippen LogP contribution is -2.33. The van der Waals surface area contributed by atoms with Crippen LogP contribution >= 0.6 is 0 Å². The average molecular weight is 470 g/mol. The molecule has 174 valence electrons. The van der Waals surface area contributed by atoms with Gasteiger partial charge in [0.1, 0.15) is 11.3 Å². The lowest BCUT2D eigenvalue weighted by atomic mass is 10.1. The summed E-state index contributed by atoms with van der Waals surface area (Å²) in [6.07, 6.45) is -3.87. The summed E-state index contributed by atoms with van der Waals surface area (Å²) in [4.78, 5) is 28.9. The normalized spacial score (nSPS) is 12.4. The maximum Gasteiger partial charge on any atom is 0.433 e. The van der Waals surface area contributed by atoms with Crippen molar-refractivity contribution in [2.75, 3.05) is 7.11 Å². The second kappa shape index (κ2) is 8.85. The molecular weight excluding hydrogens is 453 g/mol. The van der Waals surface area contributed by atoms with Crippen LogP contribution in [0.2, 0.25) is 0 Å². The van der Waals surface area contributed by atoms with E-state index in [-0.39, 0.29) is 16.9 Å². The van der Waals surface area contributed by atoms with Gasteiger partial charge >= 0.3 is 12.1 Å². The summed E-state index contributed by atoms with van der Waals surface area (Å²) in [6.45, 7) is 0. The molecule has 1 atom stereocenters. The van der Waals surface area contributed by atoms with Gasteiger partial charge < -0.3 is 15.2 Å². The van der Waals surface area contributed by atoms with E-state index in [0.29, 0.717) is 21.4 Å². The van der Waals surface area contributed by atoms with E-state index in [0.717, 1.165) is 12.3 Å². The van der Waals surface area contributed by atoms with Crippen molar-refractivity contribution in [2.24, 2.45) is 0 Å². The third-order valence-electron chi connectivity index (χ3n) is 5.05. The number of nitrogens with one attached hydrogen (secondary N) is 1. The first kappa shape index (κ1) is 22.8. The van der Waals surface area contributed by atoms with Gasteiger partial charge in [-0.15, -0.1) is 0 Å². The third kappa shape index (κ3) is 4.40. The van der Waals surface area contributed by atoms with Crippen molar-refractivity contribution < 1.29 is 32.6 Å². The Morgan fingerprint density at radius 1 is 1.09 bits per heavy atom. The molecule has 4 aromatic rings. The number of aromatic nitrogens is 3. The molecule has 0 aliphatic heterocycles. The second-order valence-electron chi connectivity index (χ2n) is 7.20. The van der Waals surface area contributed by atoms with Gasteiger partial charge in [0.15, 0.2) is 17.4 Å². The molecule has 0 spiro atoms. The van der Waals surface area contributed by atoms with Crippen molar-refractivity contribution >= 4 is 17.5 Å². The summed E-state index contributed by atoms with van der Waals surface area (Å²) < 4.78 is 47.0. The highest BCUT2D eigenvalue weighted by molar-refractivity contribution is 6.01. The number of hydrogen-bond acceptors (Lipinski definition) is 5. The number of carboxylic acid groups (broad SMARTS) is 1. The Morgan fingerprint density at radius 2 is 1.76 bits per heavy atom. The zero-order valence-electron chi connectivity index (χ0n) is 17.6. The first-order valence-electron chi connectivity index (χ1n) is 9.88. The molecule has 0 saturated carbocycles. The summed E-state index contributed by atoms with van der Waals surface area (Å²) >= 11 is 0. The summed E-state index contributed by atoms with van der Waals surface area (Å²) in [7, 11) is 1.46. The molecule has 0 aliphatic rings. The quantitative estimate of drug-likeness (QED) is 0.442. The number of nitrogens with zero attached hydrogens (tertiary/aromatic N) is 3. The molecule has 0 saturated heterocycles. The molecule has 0 unspecified atom stereocenters. The standard InChI is InChI=1S/C23H17F3N4O4/c1-34-15-9-7-13(8-10-15)17-11-18(23(24,25)26)30-20(28-17)16(12-27-30)21(31)29-19(22(32)33)14-5-3-2-4-6-14/h2-12,19H,1H3,(H,29,31)(H,32,33)/t19-/m0/s1. The monoisotopic (exact) mass is 470 g/mol. The summed E-state index contributed by atoms with van der Waals surface area (Å²) in [5.41, 5.74) is -1.20. The number of halogens is 3. The van der Waals surface area contributed by atoms with Crippen molar-refractivity contribution in [1.29, 1.82) is 0 Å². The number of rotatable bonds is 6. The lowest BCUT2D eigenvalue weighted by molar-refractivity contribution is -0.142. The van der Waals surface area contributed by atoms with E-state index >= 15 is 0 Å². The average Bonchev–Trinajstić information content (AvgIpc) is 3.25. The van der Waals surface area contributed by atoms with E-state index in [1.807, 2.05) is 0 Å². The smallest absolute Gasteiger partial charge is 0.433 e.